The molecule has 0 radical (unpaired) electrons. The van der Waals surface area contributed by atoms with Gasteiger partial charge in [0, 0.05) is 24.8 Å². The highest BCUT2D eigenvalue weighted by molar-refractivity contribution is 5.44. The van der Waals surface area contributed by atoms with Crippen molar-refractivity contribution in [2.75, 3.05) is 24.5 Å². The van der Waals surface area contributed by atoms with Gasteiger partial charge in [0.05, 0.1) is 6.54 Å². The minimum Gasteiger partial charge on any atom is -0.343 e. The van der Waals surface area contributed by atoms with Crippen molar-refractivity contribution in [1.29, 1.82) is 0 Å². The van der Waals surface area contributed by atoms with Gasteiger partial charge in [-0.3, -0.25) is 0 Å². The van der Waals surface area contributed by atoms with Crippen molar-refractivity contribution in [1.82, 2.24) is 10.3 Å². The topological polar surface area (TPSA) is 28.2 Å². The molecule has 1 N–H and O–H groups in total. The molecule has 0 atom stereocenters. The van der Waals surface area contributed by atoms with Crippen LogP contribution in [-0.4, -0.2) is 24.6 Å². The third-order valence-corrected chi connectivity index (χ3v) is 3.45. The van der Waals surface area contributed by atoms with Crippen molar-refractivity contribution in [2.24, 2.45) is 5.92 Å². The zero-order valence-electron chi connectivity index (χ0n) is 12.0. The van der Waals surface area contributed by atoms with Crippen LogP contribution >= 0.6 is 0 Å². The van der Waals surface area contributed by atoms with E-state index in [1.165, 1.54) is 12.8 Å². The molecule has 1 heterocycles. The molecule has 0 aromatic carbocycles. The van der Waals surface area contributed by atoms with Crippen molar-refractivity contribution in [3.8, 4) is 12.3 Å². The third kappa shape index (κ3) is 3.94. The molecule has 20 heavy (non-hydrogen) atoms. The van der Waals surface area contributed by atoms with Crippen molar-refractivity contribution >= 4 is 5.82 Å². The summed E-state index contributed by atoms with van der Waals surface area (Å²) in [6.45, 7) is 4.72. The van der Waals surface area contributed by atoms with E-state index in [1.54, 1.807) is 12.3 Å². The first-order chi connectivity index (χ1) is 9.76. The predicted octanol–water partition coefficient (Wildman–Crippen LogP) is 2.57. The van der Waals surface area contributed by atoms with Crippen LogP contribution in [0.25, 0.3) is 0 Å². The minimum atomic E-state index is -0.244. The van der Waals surface area contributed by atoms with Crippen LogP contribution < -0.4 is 10.2 Å². The lowest BCUT2D eigenvalue weighted by Crippen LogP contribution is -2.28. The van der Waals surface area contributed by atoms with Gasteiger partial charge in [0.2, 0.25) is 0 Å². The Morgan fingerprint density at radius 2 is 2.35 bits per heavy atom. The summed E-state index contributed by atoms with van der Waals surface area (Å²) in [5.41, 5.74) is 0.654. The summed E-state index contributed by atoms with van der Waals surface area (Å²) in [5, 5.41) is 3.22. The number of nitrogens with zero attached hydrogens (tertiary/aromatic N) is 2. The molecule has 2 rings (SSSR count). The van der Waals surface area contributed by atoms with E-state index in [-0.39, 0.29) is 5.82 Å². The molecule has 3 nitrogen and oxygen atoms in total. The number of pyridine rings is 1. The van der Waals surface area contributed by atoms with Gasteiger partial charge in [-0.2, -0.15) is 0 Å². The molecule has 1 aliphatic carbocycles. The minimum absolute atomic E-state index is 0.244. The Kier molecular flexibility index (Phi) is 5.37. The molecule has 4 heteroatoms. The molecule has 0 spiro atoms. The summed E-state index contributed by atoms with van der Waals surface area (Å²) in [7, 11) is 0. The predicted molar refractivity (Wildman–Crippen MR) is 80.0 cm³/mol. The molecule has 1 aromatic heterocycles. The van der Waals surface area contributed by atoms with Gasteiger partial charge in [0.25, 0.3) is 0 Å². The summed E-state index contributed by atoms with van der Waals surface area (Å²) in [6, 6.07) is 1.73. The van der Waals surface area contributed by atoms with E-state index in [0.29, 0.717) is 30.4 Å². The van der Waals surface area contributed by atoms with Crippen LogP contribution in [0, 0.1) is 24.1 Å². The fourth-order valence-electron chi connectivity index (χ4n) is 2.18. The van der Waals surface area contributed by atoms with Crippen LogP contribution in [0.2, 0.25) is 0 Å². The standard InChI is InChI=1S/C16H22FN3/c1-3-8-18-11-14-7-9-19-16(15(14)17)20(10-4-2)12-13-5-6-13/h2,7,9,13,18H,3,5-6,8,10-12H2,1H3. The molecule has 1 fully saturated rings. The summed E-state index contributed by atoms with van der Waals surface area (Å²) in [6.07, 6.45) is 10.5. The highest BCUT2D eigenvalue weighted by Gasteiger charge is 2.26. The lowest BCUT2D eigenvalue weighted by atomic mass is 10.2. The van der Waals surface area contributed by atoms with Gasteiger partial charge in [-0.1, -0.05) is 12.8 Å². The molecule has 0 amide bonds. The van der Waals surface area contributed by atoms with Crippen molar-refractivity contribution in [3.05, 3.63) is 23.6 Å². The van der Waals surface area contributed by atoms with Gasteiger partial charge in [0.1, 0.15) is 0 Å². The van der Waals surface area contributed by atoms with Gasteiger partial charge < -0.3 is 10.2 Å². The monoisotopic (exact) mass is 275 g/mol. The Morgan fingerprint density at radius 3 is 3.00 bits per heavy atom. The van der Waals surface area contributed by atoms with E-state index in [1.807, 2.05) is 4.90 Å². The van der Waals surface area contributed by atoms with E-state index >= 15 is 0 Å². The number of halogens is 1. The molecule has 1 aromatic rings. The summed E-state index contributed by atoms with van der Waals surface area (Å²) >= 11 is 0. The molecule has 1 saturated carbocycles. The lowest BCUT2D eigenvalue weighted by molar-refractivity contribution is 0.573. The van der Waals surface area contributed by atoms with Crippen LogP contribution in [0.15, 0.2) is 12.3 Å². The first-order valence-electron chi connectivity index (χ1n) is 7.28. The quantitative estimate of drug-likeness (QED) is 0.584. The maximum atomic E-state index is 14.5. The van der Waals surface area contributed by atoms with Crippen molar-refractivity contribution in [2.45, 2.75) is 32.7 Å². The Morgan fingerprint density at radius 1 is 1.55 bits per heavy atom. The van der Waals surface area contributed by atoms with Gasteiger partial charge in [-0.15, -0.1) is 6.42 Å². The molecule has 0 saturated heterocycles. The van der Waals surface area contributed by atoms with Crippen LogP contribution in [-0.2, 0) is 6.54 Å². The van der Waals surface area contributed by atoms with Gasteiger partial charge in [0.15, 0.2) is 11.6 Å². The maximum absolute atomic E-state index is 14.5. The number of aromatic nitrogens is 1. The molecule has 0 aliphatic heterocycles. The number of hydrogen-bond donors (Lipinski definition) is 1. The average Bonchev–Trinajstić information content (AvgIpc) is 3.25. The second-order valence-electron chi connectivity index (χ2n) is 5.31. The van der Waals surface area contributed by atoms with Gasteiger partial charge >= 0.3 is 0 Å². The zero-order chi connectivity index (χ0) is 14.4. The normalized spacial score (nSPS) is 14.1. The number of anilines is 1. The average molecular weight is 275 g/mol. The Labute approximate surface area is 120 Å². The molecule has 1 aliphatic rings. The van der Waals surface area contributed by atoms with E-state index in [9.17, 15) is 4.39 Å². The smallest absolute Gasteiger partial charge is 0.170 e. The lowest BCUT2D eigenvalue weighted by Gasteiger charge is -2.22. The Hall–Kier alpha value is -1.60. The van der Waals surface area contributed by atoms with E-state index in [4.69, 9.17) is 6.42 Å². The number of terminal acetylenes is 1. The fraction of sp³-hybridized carbons (Fsp3) is 0.562. The van der Waals surface area contributed by atoms with Crippen LogP contribution in [0.1, 0.15) is 31.7 Å². The van der Waals surface area contributed by atoms with Crippen molar-refractivity contribution < 1.29 is 4.39 Å². The van der Waals surface area contributed by atoms with E-state index < -0.39 is 0 Å². The number of nitrogens with one attached hydrogen (secondary N) is 1. The van der Waals surface area contributed by atoms with Crippen LogP contribution in [0.3, 0.4) is 0 Å². The van der Waals surface area contributed by atoms with Crippen LogP contribution in [0.5, 0.6) is 0 Å². The molecular weight excluding hydrogens is 253 g/mol. The molecular formula is C16H22FN3. The maximum Gasteiger partial charge on any atom is 0.170 e. The number of rotatable bonds is 8. The van der Waals surface area contributed by atoms with Gasteiger partial charge in [-0.05, 0) is 37.8 Å². The molecule has 0 bridgehead atoms. The van der Waals surface area contributed by atoms with Gasteiger partial charge in [-0.25, -0.2) is 9.37 Å². The Bertz CT molecular complexity index is 477. The Balaban J connectivity index is 2.11. The van der Waals surface area contributed by atoms with Crippen LogP contribution in [0.4, 0.5) is 10.2 Å². The third-order valence-electron chi connectivity index (χ3n) is 3.45. The first-order valence-corrected chi connectivity index (χ1v) is 7.28. The second-order valence-corrected chi connectivity index (χ2v) is 5.31. The summed E-state index contributed by atoms with van der Waals surface area (Å²) in [4.78, 5) is 6.08. The molecule has 0 unspecified atom stereocenters. The molecule has 108 valence electrons. The highest BCUT2D eigenvalue weighted by atomic mass is 19.1. The highest BCUT2D eigenvalue weighted by Crippen LogP contribution is 2.31. The summed E-state index contributed by atoms with van der Waals surface area (Å²) in [5.74, 6) is 3.40. The SMILES string of the molecule is C#CCN(CC1CC1)c1nccc(CNCCC)c1F. The first kappa shape index (κ1) is 14.8. The number of hydrogen-bond acceptors (Lipinski definition) is 3. The van der Waals surface area contributed by atoms with E-state index in [2.05, 4.69) is 23.1 Å². The zero-order valence-corrected chi connectivity index (χ0v) is 12.0. The largest absolute Gasteiger partial charge is 0.343 e. The van der Waals surface area contributed by atoms with Crippen molar-refractivity contribution in [3.63, 3.8) is 0 Å². The van der Waals surface area contributed by atoms with E-state index in [0.717, 1.165) is 19.5 Å². The summed E-state index contributed by atoms with van der Waals surface area (Å²) < 4.78 is 14.5. The fourth-order valence-corrected chi connectivity index (χ4v) is 2.18. The second kappa shape index (κ2) is 7.25.